The van der Waals surface area contributed by atoms with Gasteiger partial charge in [-0.05, 0) is 48.9 Å². The highest BCUT2D eigenvalue weighted by Crippen LogP contribution is 2.34. The Morgan fingerprint density at radius 2 is 1.81 bits per heavy atom. The van der Waals surface area contributed by atoms with Crippen molar-refractivity contribution in [3.05, 3.63) is 84.7 Å². The number of benzene rings is 2. The minimum absolute atomic E-state index is 0.667. The van der Waals surface area contributed by atoms with E-state index in [-0.39, 0.29) is 0 Å². The van der Waals surface area contributed by atoms with E-state index in [4.69, 9.17) is 4.42 Å². The summed E-state index contributed by atoms with van der Waals surface area (Å²) in [5.74, 6) is 0. The number of para-hydroxylation sites is 1. The van der Waals surface area contributed by atoms with Gasteiger partial charge >= 0.3 is 0 Å². The standard InChI is InChI=1S/C24H18N2O/c1-4-17-18-8-6-7-9-22(18)26(21(17)5-2)16-10-11-23-19(13-16)20-12-15(3)14-25-24(20)27-23/h4-14H,1-2H2,3H3. The van der Waals surface area contributed by atoms with E-state index in [0.717, 1.165) is 49.8 Å². The van der Waals surface area contributed by atoms with Gasteiger partial charge in [-0.2, -0.15) is 0 Å². The molecule has 2 aromatic carbocycles. The van der Waals surface area contributed by atoms with Crippen LogP contribution in [0.25, 0.3) is 50.8 Å². The normalized spacial score (nSPS) is 11.4. The van der Waals surface area contributed by atoms with Crippen molar-refractivity contribution in [3.8, 4) is 5.69 Å². The maximum absolute atomic E-state index is 5.91. The second-order valence-corrected chi connectivity index (χ2v) is 6.71. The van der Waals surface area contributed by atoms with Crippen molar-refractivity contribution >= 4 is 45.1 Å². The topological polar surface area (TPSA) is 31.0 Å². The minimum Gasteiger partial charge on any atom is -0.438 e. The molecule has 3 heteroatoms. The van der Waals surface area contributed by atoms with Crippen LogP contribution in [0.4, 0.5) is 0 Å². The van der Waals surface area contributed by atoms with Crippen molar-refractivity contribution in [2.45, 2.75) is 6.92 Å². The smallest absolute Gasteiger partial charge is 0.227 e. The quantitative estimate of drug-likeness (QED) is 0.371. The fourth-order valence-electron chi connectivity index (χ4n) is 3.87. The second kappa shape index (κ2) is 5.71. The molecule has 0 N–H and O–H groups in total. The molecule has 5 aromatic rings. The SMILES string of the molecule is C=Cc1c(C=C)n(-c2ccc3oc4ncc(C)cc4c3c2)c2ccccc12. The summed E-state index contributed by atoms with van der Waals surface area (Å²) in [5.41, 5.74) is 6.94. The Hall–Kier alpha value is -3.59. The molecule has 0 saturated carbocycles. The zero-order chi connectivity index (χ0) is 18.5. The predicted molar refractivity (Wildman–Crippen MR) is 113 cm³/mol. The van der Waals surface area contributed by atoms with Crippen LogP contribution in [0.3, 0.4) is 0 Å². The van der Waals surface area contributed by atoms with Gasteiger partial charge in [0.2, 0.25) is 5.71 Å². The zero-order valence-corrected chi connectivity index (χ0v) is 15.1. The fraction of sp³-hybridized carbons (Fsp3) is 0.0417. The van der Waals surface area contributed by atoms with Gasteiger partial charge in [0.15, 0.2) is 0 Å². The van der Waals surface area contributed by atoms with Gasteiger partial charge in [-0.15, -0.1) is 0 Å². The molecular weight excluding hydrogens is 332 g/mol. The average Bonchev–Trinajstić information content (AvgIpc) is 3.22. The van der Waals surface area contributed by atoms with Crippen LogP contribution in [0, 0.1) is 6.92 Å². The van der Waals surface area contributed by atoms with Gasteiger partial charge in [0, 0.05) is 33.6 Å². The number of hydrogen-bond acceptors (Lipinski definition) is 2. The number of rotatable bonds is 3. The van der Waals surface area contributed by atoms with Gasteiger partial charge in [-0.25, -0.2) is 4.98 Å². The number of aromatic nitrogens is 2. The molecule has 0 aliphatic carbocycles. The summed E-state index contributed by atoms with van der Waals surface area (Å²) in [6.45, 7) is 10.1. The van der Waals surface area contributed by atoms with Crippen molar-refractivity contribution in [2.75, 3.05) is 0 Å². The number of nitrogens with zero attached hydrogens (tertiary/aromatic N) is 2. The largest absolute Gasteiger partial charge is 0.438 e. The van der Waals surface area contributed by atoms with Crippen molar-refractivity contribution in [1.82, 2.24) is 9.55 Å². The third-order valence-corrected chi connectivity index (χ3v) is 5.06. The van der Waals surface area contributed by atoms with Crippen LogP contribution in [0.5, 0.6) is 0 Å². The Balaban J connectivity index is 1.88. The van der Waals surface area contributed by atoms with Crippen molar-refractivity contribution < 1.29 is 4.42 Å². The number of fused-ring (bicyclic) bond motifs is 4. The number of pyridine rings is 1. The van der Waals surface area contributed by atoms with E-state index in [0.29, 0.717) is 5.71 Å². The van der Waals surface area contributed by atoms with Crippen LogP contribution >= 0.6 is 0 Å². The van der Waals surface area contributed by atoms with Gasteiger partial charge in [0.05, 0.1) is 11.2 Å². The lowest BCUT2D eigenvalue weighted by atomic mass is 10.1. The molecule has 5 rings (SSSR count). The number of furan rings is 1. The maximum atomic E-state index is 5.91. The third kappa shape index (κ3) is 2.18. The van der Waals surface area contributed by atoms with E-state index < -0.39 is 0 Å². The molecule has 0 bridgehead atoms. The van der Waals surface area contributed by atoms with Gasteiger partial charge in [0.1, 0.15) is 5.58 Å². The minimum atomic E-state index is 0.667. The lowest BCUT2D eigenvalue weighted by Gasteiger charge is -2.09. The molecule has 0 saturated heterocycles. The first-order valence-electron chi connectivity index (χ1n) is 8.89. The van der Waals surface area contributed by atoms with E-state index in [1.165, 1.54) is 0 Å². The zero-order valence-electron chi connectivity index (χ0n) is 15.1. The Labute approximate surface area is 156 Å². The molecule has 0 amide bonds. The molecular formula is C24H18N2O. The van der Waals surface area contributed by atoms with Crippen LogP contribution in [0.15, 0.2) is 72.3 Å². The predicted octanol–water partition coefficient (Wildman–Crippen LogP) is 6.52. The third-order valence-electron chi connectivity index (χ3n) is 5.06. The van der Waals surface area contributed by atoms with Crippen LogP contribution in [0.2, 0.25) is 0 Å². The summed E-state index contributed by atoms with van der Waals surface area (Å²) < 4.78 is 8.14. The molecule has 3 heterocycles. The van der Waals surface area contributed by atoms with Gasteiger partial charge in [-0.1, -0.05) is 37.4 Å². The van der Waals surface area contributed by atoms with Crippen LogP contribution in [-0.2, 0) is 0 Å². The van der Waals surface area contributed by atoms with E-state index in [1.54, 1.807) is 0 Å². The van der Waals surface area contributed by atoms with Gasteiger partial charge in [0.25, 0.3) is 0 Å². The first kappa shape index (κ1) is 15.6. The van der Waals surface area contributed by atoms with Crippen LogP contribution < -0.4 is 0 Å². The summed E-state index contributed by atoms with van der Waals surface area (Å²) in [4.78, 5) is 4.42. The van der Waals surface area contributed by atoms with Crippen molar-refractivity contribution in [3.63, 3.8) is 0 Å². The first-order chi connectivity index (χ1) is 13.2. The Bertz CT molecular complexity index is 1370. The Morgan fingerprint density at radius 3 is 2.63 bits per heavy atom. The fourth-order valence-corrected chi connectivity index (χ4v) is 3.87. The second-order valence-electron chi connectivity index (χ2n) is 6.71. The summed E-state index contributed by atoms with van der Waals surface area (Å²) >= 11 is 0. The lowest BCUT2D eigenvalue weighted by molar-refractivity contribution is 0.654. The Kier molecular flexibility index (Phi) is 3.31. The van der Waals surface area contributed by atoms with Crippen molar-refractivity contribution in [1.29, 1.82) is 0 Å². The molecule has 0 aliphatic rings. The monoisotopic (exact) mass is 350 g/mol. The summed E-state index contributed by atoms with van der Waals surface area (Å²) in [6, 6.07) is 16.7. The van der Waals surface area contributed by atoms with E-state index >= 15 is 0 Å². The molecule has 0 aliphatic heterocycles. The first-order valence-corrected chi connectivity index (χ1v) is 8.89. The maximum Gasteiger partial charge on any atom is 0.227 e. The van der Waals surface area contributed by atoms with Gasteiger partial charge in [-0.3, -0.25) is 0 Å². The number of hydrogen-bond donors (Lipinski definition) is 0. The van der Waals surface area contributed by atoms with Gasteiger partial charge < -0.3 is 8.98 Å². The molecule has 0 spiro atoms. The lowest BCUT2D eigenvalue weighted by Crippen LogP contribution is -1.96. The van der Waals surface area contributed by atoms with Crippen LogP contribution in [-0.4, -0.2) is 9.55 Å². The highest BCUT2D eigenvalue weighted by molar-refractivity contribution is 6.05. The van der Waals surface area contributed by atoms with Crippen molar-refractivity contribution in [2.24, 2.45) is 0 Å². The highest BCUT2D eigenvalue weighted by atomic mass is 16.3. The van der Waals surface area contributed by atoms with E-state index in [2.05, 4.69) is 59.1 Å². The van der Waals surface area contributed by atoms with E-state index in [1.807, 2.05) is 37.4 Å². The summed E-state index contributed by atoms with van der Waals surface area (Å²) in [5, 5.41) is 3.26. The molecule has 0 radical (unpaired) electrons. The molecule has 0 fully saturated rings. The molecule has 130 valence electrons. The Morgan fingerprint density at radius 1 is 0.963 bits per heavy atom. The molecule has 0 atom stereocenters. The summed E-state index contributed by atoms with van der Waals surface area (Å²) in [6.07, 6.45) is 5.62. The highest BCUT2D eigenvalue weighted by Gasteiger charge is 2.16. The van der Waals surface area contributed by atoms with E-state index in [9.17, 15) is 0 Å². The van der Waals surface area contributed by atoms with Crippen LogP contribution in [0.1, 0.15) is 16.8 Å². The molecule has 3 aromatic heterocycles. The summed E-state index contributed by atoms with van der Waals surface area (Å²) in [7, 11) is 0. The molecule has 0 unspecified atom stereocenters. The molecule has 3 nitrogen and oxygen atoms in total. The molecule has 27 heavy (non-hydrogen) atoms. The number of aryl methyl sites for hydroxylation is 1. The average molecular weight is 350 g/mol.